The zero-order valence-electron chi connectivity index (χ0n) is 14.1. The normalized spacial score (nSPS) is 16.8. The highest BCUT2D eigenvalue weighted by molar-refractivity contribution is 5.94. The summed E-state index contributed by atoms with van der Waals surface area (Å²) in [5.41, 5.74) is 8.38. The molecule has 0 bridgehead atoms. The number of amides is 2. The van der Waals surface area contributed by atoms with E-state index in [1.165, 1.54) is 0 Å². The van der Waals surface area contributed by atoms with Crippen LogP contribution in [0.25, 0.3) is 0 Å². The summed E-state index contributed by atoms with van der Waals surface area (Å²) in [6.07, 6.45) is 0.521. The van der Waals surface area contributed by atoms with Crippen LogP contribution in [0.5, 0.6) is 5.75 Å². The van der Waals surface area contributed by atoms with Gasteiger partial charge in [-0.3, -0.25) is 14.5 Å². The number of hydrogen-bond acceptors (Lipinski definition) is 4. The van der Waals surface area contributed by atoms with Crippen LogP contribution >= 0.6 is 0 Å². The largest absolute Gasteiger partial charge is 0.495 e. The molecule has 1 heterocycles. The van der Waals surface area contributed by atoms with Gasteiger partial charge in [-0.1, -0.05) is 36.4 Å². The fourth-order valence-electron chi connectivity index (χ4n) is 3.15. The molecule has 1 aliphatic rings. The molecule has 2 aromatic rings. The molecule has 3 rings (SSSR count). The number of carbonyl (C=O) groups is 2. The molecular weight excluding hydrogens is 318 g/mol. The first-order valence-corrected chi connectivity index (χ1v) is 8.11. The van der Waals surface area contributed by atoms with E-state index < -0.39 is 11.9 Å². The lowest BCUT2D eigenvalue weighted by Gasteiger charge is -2.34. The minimum absolute atomic E-state index is 0.0833. The number of anilines is 1. The molecule has 0 fully saturated rings. The highest BCUT2D eigenvalue weighted by atomic mass is 16.5. The summed E-state index contributed by atoms with van der Waals surface area (Å²) >= 11 is 0. The smallest absolute Gasteiger partial charge is 0.238 e. The van der Waals surface area contributed by atoms with Gasteiger partial charge in [0.1, 0.15) is 5.75 Å². The Morgan fingerprint density at radius 1 is 1.16 bits per heavy atom. The van der Waals surface area contributed by atoms with Gasteiger partial charge in [0.15, 0.2) is 0 Å². The van der Waals surface area contributed by atoms with Gasteiger partial charge in [0, 0.05) is 6.54 Å². The van der Waals surface area contributed by atoms with E-state index in [-0.39, 0.29) is 12.5 Å². The lowest BCUT2D eigenvalue weighted by molar-refractivity contribution is -0.125. The van der Waals surface area contributed by atoms with Crippen LogP contribution < -0.4 is 15.8 Å². The minimum atomic E-state index is -0.488. The van der Waals surface area contributed by atoms with Crippen molar-refractivity contribution >= 4 is 17.5 Å². The molecule has 0 saturated carbocycles. The Kier molecular flexibility index (Phi) is 5.00. The van der Waals surface area contributed by atoms with Gasteiger partial charge in [0.05, 0.1) is 25.4 Å². The van der Waals surface area contributed by atoms with Crippen molar-refractivity contribution in [3.63, 3.8) is 0 Å². The summed E-state index contributed by atoms with van der Waals surface area (Å²) in [7, 11) is 1.55. The Hall–Kier alpha value is -2.86. The third kappa shape index (κ3) is 3.80. The number of hydrogen-bond donors (Lipinski definition) is 2. The minimum Gasteiger partial charge on any atom is -0.495 e. The number of fused-ring (bicyclic) bond motifs is 1. The Morgan fingerprint density at radius 3 is 2.56 bits per heavy atom. The molecule has 6 heteroatoms. The Balaban J connectivity index is 1.74. The highest BCUT2D eigenvalue weighted by Crippen LogP contribution is 2.25. The second-order valence-corrected chi connectivity index (χ2v) is 6.04. The Labute approximate surface area is 146 Å². The zero-order chi connectivity index (χ0) is 17.8. The number of rotatable bonds is 5. The van der Waals surface area contributed by atoms with Crippen LogP contribution in [0.4, 0.5) is 5.69 Å². The predicted molar refractivity (Wildman–Crippen MR) is 95.2 cm³/mol. The first-order valence-electron chi connectivity index (χ1n) is 8.11. The molecular formula is C19H21N3O3. The topological polar surface area (TPSA) is 84.7 Å². The number of nitrogens with zero attached hydrogens (tertiary/aromatic N) is 1. The third-order valence-corrected chi connectivity index (χ3v) is 4.40. The fourth-order valence-corrected chi connectivity index (χ4v) is 3.15. The summed E-state index contributed by atoms with van der Waals surface area (Å²) in [6, 6.07) is 14.6. The van der Waals surface area contributed by atoms with E-state index in [9.17, 15) is 9.59 Å². The SMILES string of the molecule is COc1ccccc1NC(=O)CN1Cc2ccccc2C[C@H]1C(N)=O. The van der Waals surface area contributed by atoms with Gasteiger partial charge in [-0.15, -0.1) is 0 Å². The van der Waals surface area contributed by atoms with Crippen LogP contribution in [-0.4, -0.2) is 36.4 Å². The number of benzene rings is 2. The number of carbonyl (C=O) groups excluding carboxylic acids is 2. The molecule has 1 atom stereocenters. The molecule has 0 aliphatic carbocycles. The number of para-hydroxylation sites is 2. The quantitative estimate of drug-likeness (QED) is 0.865. The van der Waals surface area contributed by atoms with Gasteiger partial charge in [-0.2, -0.15) is 0 Å². The molecule has 6 nitrogen and oxygen atoms in total. The van der Waals surface area contributed by atoms with Crippen LogP contribution in [-0.2, 0) is 22.6 Å². The second-order valence-electron chi connectivity index (χ2n) is 6.04. The first-order chi connectivity index (χ1) is 12.1. The maximum atomic E-state index is 12.5. The van der Waals surface area contributed by atoms with E-state index in [0.717, 1.165) is 11.1 Å². The van der Waals surface area contributed by atoms with Crippen molar-refractivity contribution in [1.82, 2.24) is 4.90 Å². The summed E-state index contributed by atoms with van der Waals surface area (Å²) in [5.74, 6) is -0.0407. The molecule has 0 saturated heterocycles. The monoisotopic (exact) mass is 339 g/mol. The van der Waals surface area contributed by atoms with Crippen molar-refractivity contribution in [1.29, 1.82) is 0 Å². The summed E-state index contributed by atoms with van der Waals surface area (Å²) in [5, 5.41) is 2.83. The van der Waals surface area contributed by atoms with E-state index >= 15 is 0 Å². The lowest BCUT2D eigenvalue weighted by Crippen LogP contribution is -2.50. The number of nitrogens with one attached hydrogen (secondary N) is 1. The molecule has 130 valence electrons. The van der Waals surface area contributed by atoms with E-state index in [1.54, 1.807) is 19.2 Å². The molecule has 0 radical (unpaired) electrons. The zero-order valence-corrected chi connectivity index (χ0v) is 14.1. The van der Waals surface area contributed by atoms with Crippen LogP contribution in [0.3, 0.4) is 0 Å². The van der Waals surface area contributed by atoms with Crippen LogP contribution in [0.2, 0.25) is 0 Å². The standard InChI is InChI=1S/C19H21N3O3/c1-25-17-9-5-4-8-15(17)21-18(23)12-22-11-14-7-3-2-6-13(14)10-16(22)19(20)24/h2-9,16H,10-12H2,1H3,(H2,20,24)(H,21,23)/t16-/m0/s1. The summed E-state index contributed by atoms with van der Waals surface area (Å²) in [6.45, 7) is 0.600. The Bertz CT molecular complexity index is 791. The maximum absolute atomic E-state index is 12.5. The molecule has 2 aromatic carbocycles. The van der Waals surface area contributed by atoms with Crippen LogP contribution in [0.15, 0.2) is 48.5 Å². The number of methoxy groups -OCH3 is 1. The third-order valence-electron chi connectivity index (χ3n) is 4.40. The molecule has 0 spiro atoms. The van der Waals surface area contributed by atoms with Crippen molar-refractivity contribution in [3.8, 4) is 5.75 Å². The van der Waals surface area contributed by atoms with Gasteiger partial charge < -0.3 is 15.8 Å². The molecule has 0 unspecified atom stereocenters. The fraction of sp³-hybridized carbons (Fsp3) is 0.263. The van der Waals surface area contributed by atoms with Crippen molar-refractivity contribution < 1.29 is 14.3 Å². The van der Waals surface area contributed by atoms with Gasteiger partial charge >= 0.3 is 0 Å². The molecule has 1 aliphatic heterocycles. The average Bonchev–Trinajstić information content (AvgIpc) is 2.61. The van der Waals surface area contributed by atoms with Gasteiger partial charge in [0.2, 0.25) is 11.8 Å². The van der Waals surface area contributed by atoms with E-state index in [0.29, 0.717) is 24.4 Å². The number of ether oxygens (including phenoxy) is 1. The summed E-state index contributed by atoms with van der Waals surface area (Å²) in [4.78, 5) is 26.1. The molecule has 3 N–H and O–H groups in total. The lowest BCUT2D eigenvalue weighted by atomic mass is 9.93. The molecule has 0 aromatic heterocycles. The molecule has 25 heavy (non-hydrogen) atoms. The number of nitrogens with two attached hydrogens (primary N) is 1. The van der Waals surface area contributed by atoms with E-state index in [2.05, 4.69) is 5.32 Å². The van der Waals surface area contributed by atoms with Crippen molar-refractivity contribution in [2.75, 3.05) is 19.0 Å². The second kappa shape index (κ2) is 7.36. The maximum Gasteiger partial charge on any atom is 0.238 e. The predicted octanol–water partition coefficient (Wildman–Crippen LogP) is 1.55. The average molecular weight is 339 g/mol. The van der Waals surface area contributed by atoms with Crippen molar-refractivity contribution in [2.24, 2.45) is 5.73 Å². The van der Waals surface area contributed by atoms with Crippen LogP contribution in [0, 0.1) is 0 Å². The Morgan fingerprint density at radius 2 is 1.84 bits per heavy atom. The van der Waals surface area contributed by atoms with E-state index in [1.807, 2.05) is 41.3 Å². The van der Waals surface area contributed by atoms with Crippen molar-refractivity contribution in [2.45, 2.75) is 19.0 Å². The van der Waals surface area contributed by atoms with Gasteiger partial charge in [-0.25, -0.2) is 0 Å². The van der Waals surface area contributed by atoms with E-state index in [4.69, 9.17) is 10.5 Å². The first kappa shape index (κ1) is 17.0. The van der Waals surface area contributed by atoms with Gasteiger partial charge in [0.25, 0.3) is 0 Å². The summed E-state index contributed by atoms with van der Waals surface area (Å²) < 4.78 is 5.24. The van der Waals surface area contributed by atoms with Crippen LogP contribution in [0.1, 0.15) is 11.1 Å². The molecule has 2 amide bonds. The van der Waals surface area contributed by atoms with Gasteiger partial charge in [-0.05, 0) is 29.7 Å². The number of primary amides is 1. The van der Waals surface area contributed by atoms with Crippen molar-refractivity contribution in [3.05, 3.63) is 59.7 Å². The highest BCUT2D eigenvalue weighted by Gasteiger charge is 2.31.